The van der Waals surface area contributed by atoms with E-state index in [0.29, 0.717) is 0 Å². The third kappa shape index (κ3) is 2.76. The van der Waals surface area contributed by atoms with Crippen molar-refractivity contribution in [1.82, 2.24) is 10.6 Å². The predicted molar refractivity (Wildman–Crippen MR) is 46.8 cm³/mol. The van der Waals surface area contributed by atoms with Gasteiger partial charge >= 0.3 is 5.97 Å². The molecular formula is C8H10N2O5. The number of Topliss-reactive ketones (excluding diaryl/α,β-unsaturated/α-hetero) is 1. The van der Waals surface area contributed by atoms with Crippen LogP contribution in [0.4, 0.5) is 0 Å². The first-order valence-electron chi connectivity index (χ1n) is 4.32. The molecule has 3 N–H and O–H groups in total. The first-order chi connectivity index (χ1) is 7.02. The van der Waals surface area contributed by atoms with E-state index in [1.807, 2.05) is 5.32 Å². The van der Waals surface area contributed by atoms with Crippen molar-refractivity contribution in [1.29, 1.82) is 0 Å². The van der Waals surface area contributed by atoms with Gasteiger partial charge < -0.3 is 15.7 Å². The second-order valence-electron chi connectivity index (χ2n) is 3.05. The lowest BCUT2D eigenvalue weighted by Gasteiger charge is -2.19. The molecule has 1 fully saturated rings. The lowest BCUT2D eigenvalue weighted by molar-refractivity contribution is -0.146. The number of rotatable bonds is 3. The lowest BCUT2D eigenvalue weighted by atomic mass is 9.96. The molecule has 7 nitrogen and oxygen atoms in total. The van der Waals surface area contributed by atoms with Gasteiger partial charge in [0.2, 0.25) is 11.8 Å². The Morgan fingerprint density at radius 3 is 2.67 bits per heavy atom. The van der Waals surface area contributed by atoms with Crippen molar-refractivity contribution in [2.75, 3.05) is 13.1 Å². The minimum Gasteiger partial charge on any atom is -0.480 e. The Hall–Kier alpha value is -1.92. The molecule has 0 radical (unpaired) electrons. The minimum absolute atomic E-state index is 0.0941. The number of ketones is 1. The van der Waals surface area contributed by atoms with Crippen LogP contribution in [-0.2, 0) is 19.2 Å². The van der Waals surface area contributed by atoms with Crippen LogP contribution in [0, 0.1) is 5.92 Å². The van der Waals surface area contributed by atoms with Crippen LogP contribution in [0.25, 0.3) is 0 Å². The molecule has 0 spiro atoms. The molecular weight excluding hydrogens is 204 g/mol. The van der Waals surface area contributed by atoms with Gasteiger partial charge in [-0.1, -0.05) is 0 Å². The Balaban J connectivity index is 2.60. The van der Waals surface area contributed by atoms with Crippen LogP contribution in [0.3, 0.4) is 0 Å². The fraction of sp³-hybridized carbons (Fsp3) is 0.500. The number of hydrogen-bond donors (Lipinski definition) is 3. The zero-order chi connectivity index (χ0) is 11.4. The molecule has 0 saturated carbocycles. The van der Waals surface area contributed by atoms with Gasteiger partial charge in [-0.2, -0.15) is 0 Å². The van der Waals surface area contributed by atoms with Gasteiger partial charge in [0, 0.05) is 13.0 Å². The number of carboxylic acid groups (broad SMARTS) is 1. The Labute approximate surface area is 84.8 Å². The first-order valence-corrected chi connectivity index (χ1v) is 4.32. The number of piperidine rings is 1. The standard InChI is InChI=1S/C8H10N2O5/c11-4-1-2-9-7(14)6(4)8(15)10-3-5(12)13/h6H,1-3H2,(H,9,14)(H,10,15)(H,12,13). The molecule has 0 aromatic rings. The quantitative estimate of drug-likeness (QED) is 0.465. The zero-order valence-corrected chi connectivity index (χ0v) is 7.78. The Morgan fingerprint density at radius 1 is 1.47 bits per heavy atom. The van der Waals surface area contributed by atoms with Crippen LogP contribution in [-0.4, -0.2) is 41.8 Å². The van der Waals surface area contributed by atoms with Gasteiger partial charge in [0.1, 0.15) is 6.54 Å². The number of carboxylic acids is 1. The second-order valence-corrected chi connectivity index (χ2v) is 3.05. The lowest BCUT2D eigenvalue weighted by Crippen LogP contribution is -2.50. The van der Waals surface area contributed by atoms with Crippen molar-refractivity contribution >= 4 is 23.6 Å². The molecule has 7 heteroatoms. The van der Waals surface area contributed by atoms with E-state index in [1.54, 1.807) is 0 Å². The van der Waals surface area contributed by atoms with Gasteiger partial charge in [-0.05, 0) is 0 Å². The summed E-state index contributed by atoms with van der Waals surface area (Å²) in [6.07, 6.45) is 0.0941. The molecule has 0 bridgehead atoms. The van der Waals surface area contributed by atoms with Gasteiger partial charge in [0.15, 0.2) is 11.7 Å². The molecule has 1 heterocycles. The molecule has 0 aliphatic carbocycles. The van der Waals surface area contributed by atoms with Crippen LogP contribution >= 0.6 is 0 Å². The molecule has 1 aliphatic heterocycles. The van der Waals surface area contributed by atoms with Crippen molar-refractivity contribution in [3.05, 3.63) is 0 Å². The van der Waals surface area contributed by atoms with Crippen LogP contribution in [0.1, 0.15) is 6.42 Å². The molecule has 1 rings (SSSR count). The summed E-state index contributed by atoms with van der Waals surface area (Å²) in [6.45, 7) is -0.379. The SMILES string of the molecule is O=C(O)CNC(=O)C1C(=O)CCNC1=O. The summed E-state index contributed by atoms with van der Waals surface area (Å²) in [7, 11) is 0. The highest BCUT2D eigenvalue weighted by Crippen LogP contribution is 2.07. The summed E-state index contributed by atoms with van der Waals surface area (Å²) in [6, 6.07) is 0. The van der Waals surface area contributed by atoms with Gasteiger partial charge in [-0.15, -0.1) is 0 Å². The Morgan fingerprint density at radius 2 is 2.13 bits per heavy atom. The van der Waals surface area contributed by atoms with E-state index in [-0.39, 0.29) is 13.0 Å². The Kier molecular flexibility index (Phi) is 3.37. The third-order valence-corrected chi connectivity index (χ3v) is 1.93. The third-order valence-electron chi connectivity index (χ3n) is 1.93. The number of aliphatic carboxylic acids is 1. The highest BCUT2D eigenvalue weighted by Gasteiger charge is 2.36. The molecule has 1 saturated heterocycles. The second kappa shape index (κ2) is 4.54. The van der Waals surface area contributed by atoms with Crippen LogP contribution in [0.2, 0.25) is 0 Å². The number of carbonyl (C=O) groups excluding carboxylic acids is 3. The summed E-state index contributed by atoms with van der Waals surface area (Å²) >= 11 is 0. The zero-order valence-electron chi connectivity index (χ0n) is 7.78. The average molecular weight is 214 g/mol. The minimum atomic E-state index is -1.40. The van der Waals surface area contributed by atoms with Gasteiger partial charge in [0.05, 0.1) is 0 Å². The molecule has 2 amide bonds. The van der Waals surface area contributed by atoms with Crippen molar-refractivity contribution in [2.45, 2.75) is 6.42 Å². The fourth-order valence-corrected chi connectivity index (χ4v) is 1.23. The van der Waals surface area contributed by atoms with Crippen molar-refractivity contribution in [3.63, 3.8) is 0 Å². The summed E-state index contributed by atoms with van der Waals surface area (Å²) in [5, 5.41) is 12.6. The highest BCUT2D eigenvalue weighted by molar-refractivity contribution is 6.19. The number of nitrogens with one attached hydrogen (secondary N) is 2. The van der Waals surface area contributed by atoms with Crippen LogP contribution < -0.4 is 10.6 Å². The summed E-state index contributed by atoms with van der Waals surface area (Å²) in [5.74, 6) is -4.65. The average Bonchev–Trinajstić information content (AvgIpc) is 2.14. The van der Waals surface area contributed by atoms with E-state index < -0.39 is 36.0 Å². The number of carbonyl (C=O) groups is 4. The summed E-state index contributed by atoms with van der Waals surface area (Å²) < 4.78 is 0. The van der Waals surface area contributed by atoms with Gasteiger partial charge in [0.25, 0.3) is 0 Å². The summed E-state index contributed by atoms with van der Waals surface area (Å²) in [5.41, 5.74) is 0. The van der Waals surface area contributed by atoms with Crippen molar-refractivity contribution < 1.29 is 24.3 Å². The topological polar surface area (TPSA) is 113 Å². The molecule has 1 aliphatic rings. The van der Waals surface area contributed by atoms with E-state index in [4.69, 9.17) is 5.11 Å². The van der Waals surface area contributed by atoms with E-state index in [2.05, 4.69) is 5.32 Å². The van der Waals surface area contributed by atoms with Crippen molar-refractivity contribution in [2.24, 2.45) is 5.92 Å². The maximum atomic E-state index is 11.3. The Bertz CT molecular complexity index is 309. The fourth-order valence-electron chi connectivity index (χ4n) is 1.23. The van der Waals surface area contributed by atoms with E-state index >= 15 is 0 Å². The molecule has 0 aromatic heterocycles. The molecule has 1 unspecified atom stereocenters. The predicted octanol–water partition coefficient (Wildman–Crippen LogP) is -2.11. The maximum Gasteiger partial charge on any atom is 0.322 e. The van der Waals surface area contributed by atoms with E-state index in [9.17, 15) is 19.2 Å². The monoisotopic (exact) mass is 214 g/mol. The largest absolute Gasteiger partial charge is 0.480 e. The number of hydrogen-bond acceptors (Lipinski definition) is 4. The van der Waals surface area contributed by atoms with Crippen LogP contribution in [0.5, 0.6) is 0 Å². The maximum absolute atomic E-state index is 11.3. The van der Waals surface area contributed by atoms with E-state index in [0.717, 1.165) is 0 Å². The first kappa shape index (κ1) is 11.2. The molecule has 15 heavy (non-hydrogen) atoms. The normalized spacial score (nSPS) is 20.7. The van der Waals surface area contributed by atoms with Crippen molar-refractivity contribution in [3.8, 4) is 0 Å². The van der Waals surface area contributed by atoms with Gasteiger partial charge in [-0.25, -0.2) is 0 Å². The van der Waals surface area contributed by atoms with Crippen LogP contribution in [0.15, 0.2) is 0 Å². The summed E-state index contributed by atoms with van der Waals surface area (Å²) in [4.78, 5) is 43.8. The molecule has 0 aromatic carbocycles. The van der Waals surface area contributed by atoms with Gasteiger partial charge in [-0.3, -0.25) is 19.2 Å². The smallest absolute Gasteiger partial charge is 0.322 e. The highest BCUT2D eigenvalue weighted by atomic mass is 16.4. The number of amides is 2. The molecule has 82 valence electrons. The van der Waals surface area contributed by atoms with E-state index in [1.165, 1.54) is 0 Å². The molecule has 1 atom stereocenters.